The Labute approximate surface area is 129 Å². The number of hydrogen-bond acceptors (Lipinski definition) is 4. The summed E-state index contributed by atoms with van der Waals surface area (Å²) in [5.41, 5.74) is 2.80. The molecule has 2 rings (SSSR count). The molecule has 2 heterocycles. The van der Waals surface area contributed by atoms with E-state index in [0.717, 1.165) is 31.3 Å². The Morgan fingerprint density at radius 2 is 2.00 bits per heavy atom. The second kappa shape index (κ2) is 6.73. The largest absolute Gasteiger partial charge is 0.341 e. The first-order valence-electron chi connectivity index (χ1n) is 8.24. The topological polar surface area (TPSA) is 41.1 Å². The second-order valence-corrected chi connectivity index (χ2v) is 6.97. The molecule has 0 unspecified atom stereocenters. The Hall–Kier alpha value is -1.16. The van der Waals surface area contributed by atoms with Gasteiger partial charge in [-0.25, -0.2) is 9.97 Å². The van der Waals surface area contributed by atoms with E-state index in [1.807, 2.05) is 6.20 Å². The van der Waals surface area contributed by atoms with Gasteiger partial charge in [-0.15, -0.1) is 0 Å². The SMILES string of the molecule is CCC1(C)CCN(c2ncc(CNC(C)C)c(C)n2)CC1. The highest BCUT2D eigenvalue weighted by atomic mass is 15.3. The summed E-state index contributed by atoms with van der Waals surface area (Å²) in [6, 6.07) is 0.484. The van der Waals surface area contributed by atoms with Crippen molar-refractivity contribution in [1.82, 2.24) is 15.3 Å². The minimum absolute atomic E-state index is 0.484. The van der Waals surface area contributed by atoms with E-state index in [0.29, 0.717) is 11.5 Å². The Morgan fingerprint density at radius 1 is 1.33 bits per heavy atom. The summed E-state index contributed by atoms with van der Waals surface area (Å²) in [5.74, 6) is 0.902. The van der Waals surface area contributed by atoms with E-state index in [2.05, 4.69) is 49.8 Å². The van der Waals surface area contributed by atoms with E-state index in [1.165, 1.54) is 24.8 Å². The lowest BCUT2D eigenvalue weighted by Gasteiger charge is -2.39. The maximum Gasteiger partial charge on any atom is 0.225 e. The molecule has 1 N–H and O–H groups in total. The summed E-state index contributed by atoms with van der Waals surface area (Å²) in [6.07, 6.45) is 5.73. The van der Waals surface area contributed by atoms with Gasteiger partial charge in [0.2, 0.25) is 5.95 Å². The molecule has 0 radical (unpaired) electrons. The van der Waals surface area contributed by atoms with Gasteiger partial charge in [-0.2, -0.15) is 0 Å². The number of nitrogens with one attached hydrogen (secondary N) is 1. The lowest BCUT2D eigenvalue weighted by molar-refractivity contribution is 0.237. The molecule has 0 spiro atoms. The fourth-order valence-corrected chi connectivity index (χ4v) is 2.72. The fraction of sp³-hybridized carbons (Fsp3) is 0.765. The first-order valence-corrected chi connectivity index (χ1v) is 8.24. The van der Waals surface area contributed by atoms with Crippen LogP contribution in [0.2, 0.25) is 0 Å². The van der Waals surface area contributed by atoms with Crippen molar-refractivity contribution in [3.05, 3.63) is 17.5 Å². The molecular weight excluding hydrogens is 260 g/mol. The molecule has 1 saturated heterocycles. The predicted molar refractivity (Wildman–Crippen MR) is 88.6 cm³/mol. The minimum Gasteiger partial charge on any atom is -0.341 e. The van der Waals surface area contributed by atoms with E-state index in [-0.39, 0.29) is 0 Å². The highest BCUT2D eigenvalue weighted by molar-refractivity contribution is 5.33. The lowest BCUT2D eigenvalue weighted by Crippen LogP contribution is -2.39. The molecule has 1 aromatic rings. The van der Waals surface area contributed by atoms with E-state index in [9.17, 15) is 0 Å². The fourth-order valence-electron chi connectivity index (χ4n) is 2.72. The molecule has 21 heavy (non-hydrogen) atoms. The third kappa shape index (κ3) is 4.16. The first-order chi connectivity index (χ1) is 9.93. The van der Waals surface area contributed by atoms with Crippen LogP contribution in [0.3, 0.4) is 0 Å². The zero-order valence-corrected chi connectivity index (χ0v) is 14.2. The Morgan fingerprint density at radius 3 is 2.52 bits per heavy atom. The second-order valence-electron chi connectivity index (χ2n) is 6.97. The maximum absolute atomic E-state index is 4.72. The zero-order chi connectivity index (χ0) is 15.5. The summed E-state index contributed by atoms with van der Waals surface area (Å²) in [4.78, 5) is 11.7. The van der Waals surface area contributed by atoms with Gasteiger partial charge in [-0.3, -0.25) is 0 Å². The normalized spacial score (nSPS) is 18.3. The van der Waals surface area contributed by atoms with Crippen molar-refractivity contribution in [3.8, 4) is 0 Å². The predicted octanol–water partition coefficient (Wildman–Crippen LogP) is 3.30. The van der Waals surface area contributed by atoms with Crippen molar-refractivity contribution >= 4 is 5.95 Å². The highest BCUT2D eigenvalue weighted by Crippen LogP contribution is 2.34. The summed E-state index contributed by atoms with van der Waals surface area (Å²) in [6.45, 7) is 14.1. The van der Waals surface area contributed by atoms with E-state index in [1.54, 1.807) is 0 Å². The highest BCUT2D eigenvalue weighted by Gasteiger charge is 2.29. The van der Waals surface area contributed by atoms with Gasteiger partial charge >= 0.3 is 0 Å². The van der Waals surface area contributed by atoms with Crippen molar-refractivity contribution in [3.63, 3.8) is 0 Å². The van der Waals surface area contributed by atoms with Crippen molar-refractivity contribution < 1.29 is 0 Å². The number of aryl methyl sites for hydroxylation is 1. The summed E-state index contributed by atoms with van der Waals surface area (Å²) in [7, 11) is 0. The van der Waals surface area contributed by atoms with E-state index < -0.39 is 0 Å². The van der Waals surface area contributed by atoms with Crippen LogP contribution >= 0.6 is 0 Å². The molecule has 0 amide bonds. The number of nitrogens with zero attached hydrogens (tertiary/aromatic N) is 3. The van der Waals surface area contributed by atoms with Crippen molar-refractivity contribution in [1.29, 1.82) is 0 Å². The van der Waals surface area contributed by atoms with Gasteiger partial charge < -0.3 is 10.2 Å². The molecule has 1 aromatic heterocycles. The maximum atomic E-state index is 4.72. The Balaban J connectivity index is 2.00. The zero-order valence-electron chi connectivity index (χ0n) is 14.2. The van der Waals surface area contributed by atoms with Gasteiger partial charge in [-0.1, -0.05) is 34.1 Å². The molecule has 0 bridgehead atoms. The van der Waals surface area contributed by atoms with Gasteiger partial charge in [0.15, 0.2) is 0 Å². The molecule has 4 heteroatoms. The van der Waals surface area contributed by atoms with Crippen molar-refractivity contribution in [2.45, 2.75) is 66.5 Å². The van der Waals surface area contributed by atoms with Gasteiger partial charge in [-0.05, 0) is 25.2 Å². The molecule has 1 fully saturated rings. The summed E-state index contributed by atoms with van der Waals surface area (Å²) >= 11 is 0. The third-order valence-corrected chi connectivity index (χ3v) is 4.88. The van der Waals surface area contributed by atoms with Gasteiger partial charge in [0.25, 0.3) is 0 Å². The van der Waals surface area contributed by atoms with Crippen LogP contribution in [0.4, 0.5) is 5.95 Å². The number of piperidine rings is 1. The van der Waals surface area contributed by atoms with Crippen LogP contribution in [0, 0.1) is 12.3 Å². The molecule has 4 nitrogen and oxygen atoms in total. The van der Waals surface area contributed by atoms with Gasteiger partial charge in [0.1, 0.15) is 0 Å². The third-order valence-electron chi connectivity index (χ3n) is 4.88. The Kier molecular flexibility index (Phi) is 5.20. The molecule has 0 atom stereocenters. The molecule has 0 saturated carbocycles. The average molecular weight is 290 g/mol. The minimum atomic E-state index is 0.484. The van der Waals surface area contributed by atoms with Crippen LogP contribution in [0.5, 0.6) is 0 Å². The summed E-state index contributed by atoms with van der Waals surface area (Å²) < 4.78 is 0. The van der Waals surface area contributed by atoms with E-state index >= 15 is 0 Å². The number of anilines is 1. The van der Waals surface area contributed by atoms with Crippen LogP contribution in [0.1, 0.15) is 58.2 Å². The number of hydrogen-bond donors (Lipinski definition) is 1. The van der Waals surface area contributed by atoms with Crippen molar-refractivity contribution in [2.75, 3.05) is 18.0 Å². The monoisotopic (exact) mass is 290 g/mol. The molecule has 1 aliphatic rings. The molecule has 0 aliphatic carbocycles. The smallest absolute Gasteiger partial charge is 0.225 e. The molecular formula is C17H30N4. The van der Waals surface area contributed by atoms with Crippen LogP contribution in [0.25, 0.3) is 0 Å². The standard InChI is InChI=1S/C17H30N4/c1-6-17(5)7-9-21(10-8-17)16-19-12-15(14(4)20-16)11-18-13(2)3/h12-13,18H,6-11H2,1-5H3. The summed E-state index contributed by atoms with van der Waals surface area (Å²) in [5, 5.41) is 3.43. The number of aromatic nitrogens is 2. The molecule has 0 aromatic carbocycles. The molecule has 1 aliphatic heterocycles. The average Bonchev–Trinajstić information content (AvgIpc) is 2.46. The van der Waals surface area contributed by atoms with Crippen LogP contribution in [-0.2, 0) is 6.54 Å². The van der Waals surface area contributed by atoms with Gasteiger partial charge in [0.05, 0.1) is 0 Å². The van der Waals surface area contributed by atoms with Crippen molar-refractivity contribution in [2.24, 2.45) is 5.41 Å². The molecule has 118 valence electrons. The quantitative estimate of drug-likeness (QED) is 0.903. The van der Waals surface area contributed by atoms with Gasteiger partial charge in [0, 0.05) is 43.1 Å². The van der Waals surface area contributed by atoms with Crippen LogP contribution in [0.15, 0.2) is 6.20 Å². The van der Waals surface area contributed by atoms with Crippen LogP contribution in [-0.4, -0.2) is 29.1 Å². The van der Waals surface area contributed by atoms with Crippen LogP contribution < -0.4 is 10.2 Å². The number of rotatable bonds is 5. The van der Waals surface area contributed by atoms with E-state index in [4.69, 9.17) is 4.98 Å². The Bertz CT molecular complexity index is 462. The lowest BCUT2D eigenvalue weighted by atomic mass is 9.78. The first kappa shape index (κ1) is 16.2.